The van der Waals surface area contributed by atoms with E-state index in [0.29, 0.717) is 18.4 Å². The number of hydrogen-bond donors (Lipinski definition) is 2. The average molecular weight is 443 g/mol. The molecule has 0 bridgehead atoms. The van der Waals surface area contributed by atoms with E-state index in [2.05, 4.69) is 32.6 Å². The smallest absolute Gasteiger partial charge is 0.339 e. The van der Waals surface area contributed by atoms with Crippen LogP contribution in [0, 0.1) is 25.7 Å². The lowest BCUT2D eigenvalue weighted by atomic mass is 9.83. The molecule has 0 saturated carbocycles. The van der Waals surface area contributed by atoms with Gasteiger partial charge in [-0.3, -0.25) is 4.79 Å². The van der Waals surface area contributed by atoms with Gasteiger partial charge in [-0.05, 0) is 88.0 Å². The van der Waals surface area contributed by atoms with Crippen LogP contribution in [0.15, 0.2) is 5.57 Å². The lowest BCUT2D eigenvalue weighted by molar-refractivity contribution is -0.134. The summed E-state index contributed by atoms with van der Waals surface area (Å²) in [5, 5.41) is 9.59. The van der Waals surface area contributed by atoms with E-state index in [1.807, 2.05) is 6.92 Å². The Morgan fingerprint density at radius 3 is 2.56 bits per heavy atom. The standard InChI is InChI=1S/C26H38N2O4/c1-7-26(6,27)19-8-10-28(14-19)23-17(4)16(3)20(13-21(18(5)29)25(30)31)22-12-15(2)9-11-32-24(22)23/h13,15,19H,7-12,14,27H2,1-6H3,(H,30,31)/b21-13+/t15?,19-,26?/m1/s1. The Bertz CT molecular complexity index is 932. The fourth-order valence-electron chi connectivity index (χ4n) is 5.04. The van der Waals surface area contributed by atoms with Gasteiger partial charge in [0.05, 0.1) is 12.3 Å². The highest BCUT2D eigenvalue weighted by atomic mass is 16.5. The Balaban J connectivity index is 2.19. The molecule has 1 aromatic rings. The van der Waals surface area contributed by atoms with Crippen LogP contribution in [0.4, 0.5) is 5.69 Å². The first-order chi connectivity index (χ1) is 15.0. The number of carbonyl (C=O) groups is 2. The molecule has 2 heterocycles. The molecule has 1 saturated heterocycles. The molecule has 1 aromatic carbocycles. The van der Waals surface area contributed by atoms with E-state index in [1.165, 1.54) is 6.92 Å². The second-order valence-electron chi connectivity index (χ2n) is 9.98. The van der Waals surface area contributed by atoms with Crippen LogP contribution in [-0.2, 0) is 16.0 Å². The van der Waals surface area contributed by atoms with Crippen molar-refractivity contribution < 1.29 is 19.4 Å². The summed E-state index contributed by atoms with van der Waals surface area (Å²) in [5.74, 6) is 0.0253. The molecular formula is C26H38N2O4. The molecule has 2 aliphatic rings. The Hall–Kier alpha value is -2.34. The topological polar surface area (TPSA) is 92.9 Å². The summed E-state index contributed by atoms with van der Waals surface area (Å²) in [6.45, 7) is 14.3. The highest BCUT2D eigenvalue weighted by Gasteiger charge is 2.37. The largest absolute Gasteiger partial charge is 0.491 e. The van der Waals surface area contributed by atoms with Gasteiger partial charge in [0.15, 0.2) is 5.78 Å². The molecule has 3 rings (SSSR count). The molecule has 6 nitrogen and oxygen atoms in total. The lowest BCUT2D eigenvalue weighted by Gasteiger charge is -2.32. The molecule has 3 atom stereocenters. The van der Waals surface area contributed by atoms with Crippen LogP contribution in [0.25, 0.3) is 6.08 Å². The number of carboxylic acids is 1. The van der Waals surface area contributed by atoms with Gasteiger partial charge >= 0.3 is 5.97 Å². The van der Waals surface area contributed by atoms with Crippen LogP contribution >= 0.6 is 0 Å². The van der Waals surface area contributed by atoms with Crippen LogP contribution < -0.4 is 15.4 Å². The van der Waals surface area contributed by atoms with Crippen molar-refractivity contribution in [2.24, 2.45) is 17.6 Å². The highest BCUT2D eigenvalue weighted by Crippen LogP contribution is 2.46. The fraction of sp³-hybridized carbons (Fsp3) is 0.615. The van der Waals surface area contributed by atoms with Crippen molar-refractivity contribution in [2.75, 3.05) is 24.6 Å². The summed E-state index contributed by atoms with van der Waals surface area (Å²) in [7, 11) is 0. The zero-order valence-electron chi connectivity index (χ0n) is 20.4. The number of fused-ring (bicyclic) bond motifs is 1. The van der Waals surface area contributed by atoms with E-state index in [0.717, 1.165) is 72.5 Å². The number of carboxylic acid groups (broad SMARTS) is 1. The van der Waals surface area contributed by atoms with E-state index in [4.69, 9.17) is 10.5 Å². The molecule has 0 amide bonds. The maximum Gasteiger partial charge on any atom is 0.339 e. The summed E-state index contributed by atoms with van der Waals surface area (Å²) in [6, 6.07) is 0. The maximum absolute atomic E-state index is 12.0. The van der Waals surface area contributed by atoms with Gasteiger partial charge in [-0.1, -0.05) is 13.8 Å². The minimum absolute atomic E-state index is 0.192. The summed E-state index contributed by atoms with van der Waals surface area (Å²) in [6.07, 6.45) is 5.26. The molecule has 3 N–H and O–H groups in total. The molecule has 0 radical (unpaired) electrons. The number of aliphatic carboxylic acids is 1. The van der Waals surface area contributed by atoms with Gasteiger partial charge in [-0.2, -0.15) is 0 Å². The molecule has 0 spiro atoms. The molecule has 0 aromatic heterocycles. The Morgan fingerprint density at radius 1 is 1.28 bits per heavy atom. The quantitative estimate of drug-likeness (QED) is 0.388. The zero-order valence-corrected chi connectivity index (χ0v) is 20.4. The van der Waals surface area contributed by atoms with Crippen LogP contribution in [0.1, 0.15) is 69.2 Å². The highest BCUT2D eigenvalue weighted by molar-refractivity contribution is 6.19. The summed E-state index contributed by atoms with van der Waals surface area (Å²) in [4.78, 5) is 26.2. The molecular weight excluding hydrogens is 404 g/mol. The normalized spacial score (nSPS) is 23.2. The van der Waals surface area contributed by atoms with E-state index in [9.17, 15) is 14.7 Å². The van der Waals surface area contributed by atoms with Crippen molar-refractivity contribution in [3.8, 4) is 5.75 Å². The Labute approximate surface area is 191 Å². The lowest BCUT2D eigenvalue weighted by Crippen LogP contribution is -2.44. The molecule has 1 fully saturated rings. The minimum atomic E-state index is -1.20. The van der Waals surface area contributed by atoms with Crippen LogP contribution in [0.2, 0.25) is 0 Å². The second kappa shape index (κ2) is 9.26. The number of carbonyl (C=O) groups excluding carboxylic acids is 1. The molecule has 2 unspecified atom stereocenters. The summed E-state index contributed by atoms with van der Waals surface area (Å²) in [5.41, 5.74) is 11.2. The average Bonchev–Trinajstić information content (AvgIpc) is 3.13. The van der Waals surface area contributed by atoms with E-state index < -0.39 is 11.8 Å². The van der Waals surface area contributed by atoms with E-state index in [-0.39, 0.29) is 11.1 Å². The van der Waals surface area contributed by atoms with Crippen molar-refractivity contribution in [2.45, 2.75) is 72.8 Å². The second-order valence-corrected chi connectivity index (χ2v) is 9.98. The number of rotatable bonds is 6. The number of ether oxygens (including phenoxy) is 1. The maximum atomic E-state index is 12.0. The Morgan fingerprint density at radius 2 is 1.97 bits per heavy atom. The van der Waals surface area contributed by atoms with Crippen LogP contribution in [0.3, 0.4) is 0 Å². The van der Waals surface area contributed by atoms with Gasteiger partial charge in [-0.25, -0.2) is 4.79 Å². The third-order valence-corrected chi connectivity index (χ3v) is 7.64. The van der Waals surface area contributed by atoms with E-state index >= 15 is 0 Å². The minimum Gasteiger partial charge on any atom is -0.491 e. The van der Waals surface area contributed by atoms with Gasteiger partial charge in [0, 0.05) is 24.2 Å². The van der Waals surface area contributed by atoms with Crippen molar-refractivity contribution >= 4 is 23.5 Å². The number of benzene rings is 1. The van der Waals surface area contributed by atoms with Crippen molar-refractivity contribution in [3.63, 3.8) is 0 Å². The Kier molecular flexibility index (Phi) is 7.03. The molecule has 0 aliphatic carbocycles. The van der Waals surface area contributed by atoms with Crippen molar-refractivity contribution in [1.29, 1.82) is 0 Å². The summed E-state index contributed by atoms with van der Waals surface area (Å²) < 4.78 is 6.35. The predicted octanol–water partition coefficient (Wildman–Crippen LogP) is 4.28. The van der Waals surface area contributed by atoms with Crippen molar-refractivity contribution in [3.05, 3.63) is 27.8 Å². The van der Waals surface area contributed by atoms with E-state index in [1.54, 1.807) is 6.08 Å². The van der Waals surface area contributed by atoms with Gasteiger partial charge in [-0.15, -0.1) is 0 Å². The van der Waals surface area contributed by atoms with Crippen molar-refractivity contribution in [1.82, 2.24) is 0 Å². The van der Waals surface area contributed by atoms with Gasteiger partial charge < -0.3 is 20.5 Å². The SMILES string of the molecule is CCC(C)(N)[C@@H]1CCN(c2c(C)c(C)c(/C=C(\C(C)=O)C(=O)O)c3c2OCCC(C)C3)C1. The fourth-order valence-corrected chi connectivity index (χ4v) is 5.04. The number of nitrogens with zero attached hydrogens (tertiary/aromatic N) is 1. The number of hydrogen-bond acceptors (Lipinski definition) is 5. The summed E-state index contributed by atoms with van der Waals surface area (Å²) >= 11 is 0. The van der Waals surface area contributed by atoms with Gasteiger partial charge in [0.2, 0.25) is 0 Å². The first-order valence-electron chi connectivity index (χ1n) is 11.8. The number of Topliss-reactive ketones (excluding diaryl/α,β-unsaturated/α-hetero) is 1. The number of ketones is 1. The van der Waals surface area contributed by atoms with Crippen LogP contribution in [-0.4, -0.2) is 42.1 Å². The van der Waals surface area contributed by atoms with Gasteiger partial charge in [0.1, 0.15) is 11.3 Å². The monoisotopic (exact) mass is 442 g/mol. The number of nitrogens with two attached hydrogens (primary N) is 1. The molecule has 6 heteroatoms. The van der Waals surface area contributed by atoms with Gasteiger partial charge in [0.25, 0.3) is 0 Å². The first-order valence-corrected chi connectivity index (χ1v) is 11.8. The third kappa shape index (κ3) is 4.56. The molecule has 32 heavy (non-hydrogen) atoms. The third-order valence-electron chi connectivity index (χ3n) is 7.64. The van der Waals surface area contributed by atoms with Crippen LogP contribution in [0.5, 0.6) is 5.75 Å². The predicted molar refractivity (Wildman–Crippen MR) is 128 cm³/mol. The molecule has 2 aliphatic heterocycles. The first kappa shape index (κ1) is 24.3. The number of anilines is 1. The molecule has 176 valence electrons. The zero-order chi connectivity index (χ0) is 23.8.